The number of rotatable bonds is 10. The number of fused-ring (bicyclic) bond motifs is 6. The van der Waals surface area contributed by atoms with Crippen LogP contribution in [-0.4, -0.2) is 6.85 Å². The van der Waals surface area contributed by atoms with Crippen LogP contribution in [0.5, 0.6) is 0 Å². The van der Waals surface area contributed by atoms with Gasteiger partial charge >= 0.3 is 6.85 Å². The summed E-state index contributed by atoms with van der Waals surface area (Å²) in [5.74, 6) is 0. The molecule has 0 aliphatic carbocycles. The SMILES string of the molecule is Cc1cc(-c2ccccc2)ccc1N1c2ccc(N(c3ccc(-c4ccccc4)cc3)c3ccc(-c4ccccc4)cc3)cc2B2c3c1cc1ccccc1c3-c1cc(-c3ccccc3)ccc1N2c1cccc(-c2ccccc2)c1. The van der Waals surface area contributed by atoms with Gasteiger partial charge in [-0.3, -0.25) is 0 Å². The average Bonchev–Trinajstić information content (AvgIpc) is 2.14. The van der Waals surface area contributed by atoms with Gasteiger partial charge in [0.2, 0.25) is 0 Å². The number of benzene rings is 13. The molecule has 0 bridgehead atoms. The van der Waals surface area contributed by atoms with Crippen molar-refractivity contribution < 1.29 is 0 Å². The normalized spacial score (nSPS) is 12.2. The first-order valence-electron chi connectivity index (χ1n) is 28.0. The van der Waals surface area contributed by atoms with Gasteiger partial charge in [-0.1, -0.05) is 224 Å². The Morgan fingerprint density at radius 1 is 0.309 bits per heavy atom. The second kappa shape index (κ2) is 20.1. The van der Waals surface area contributed by atoms with Crippen molar-refractivity contribution in [2.75, 3.05) is 14.6 Å². The van der Waals surface area contributed by atoms with Gasteiger partial charge in [-0.25, -0.2) is 0 Å². The van der Waals surface area contributed by atoms with Crippen LogP contribution >= 0.6 is 0 Å². The summed E-state index contributed by atoms with van der Waals surface area (Å²) in [5.41, 5.74) is 27.0. The van der Waals surface area contributed by atoms with Crippen LogP contribution in [0.3, 0.4) is 0 Å². The van der Waals surface area contributed by atoms with Gasteiger partial charge in [-0.15, -0.1) is 0 Å². The molecule has 0 aromatic heterocycles. The summed E-state index contributed by atoms with van der Waals surface area (Å²) in [5, 5.41) is 2.44. The molecule has 2 heterocycles. The standard InChI is InChI=1S/C77H54BN3/c1-53-48-62(57-26-13-5-14-27-57)38-45-72(53)80-74-47-44-67(79(65-40-34-59(35-41-65)54-20-7-2-8-21-54)66-42-36-60(37-43-66)55-22-9-3-10-23-55)52-71(74)78-77-75(80)51-64-30-17-18-33-69(64)76(77)70-50-63(58-28-15-6-16-29-58)39-46-73(70)81(78)68-32-19-31-61(49-68)56-24-11-4-12-25-56/h2-52H,1H3. The Bertz CT molecular complexity index is 4370. The zero-order valence-corrected chi connectivity index (χ0v) is 44.9. The monoisotopic (exact) mass is 1030 g/mol. The Morgan fingerprint density at radius 3 is 1.30 bits per heavy atom. The molecule has 380 valence electrons. The molecule has 0 radical (unpaired) electrons. The minimum Gasteiger partial charge on any atom is -0.376 e. The lowest BCUT2D eigenvalue weighted by molar-refractivity contribution is 1.24. The van der Waals surface area contributed by atoms with Crippen LogP contribution in [0, 0.1) is 6.92 Å². The molecule has 0 spiro atoms. The molecule has 2 aliphatic rings. The van der Waals surface area contributed by atoms with Crippen LogP contribution in [0.2, 0.25) is 0 Å². The van der Waals surface area contributed by atoms with E-state index in [1.165, 1.54) is 99.7 Å². The van der Waals surface area contributed by atoms with Gasteiger partial charge in [0.15, 0.2) is 0 Å². The molecule has 4 heteroatoms. The highest BCUT2D eigenvalue weighted by atomic mass is 15.2. The second-order valence-corrected chi connectivity index (χ2v) is 21.3. The summed E-state index contributed by atoms with van der Waals surface area (Å²) in [7, 11) is 0. The fourth-order valence-electron chi connectivity index (χ4n) is 12.7. The summed E-state index contributed by atoms with van der Waals surface area (Å²) in [6.45, 7) is 2.02. The zero-order valence-electron chi connectivity index (χ0n) is 44.9. The summed E-state index contributed by atoms with van der Waals surface area (Å²) >= 11 is 0. The van der Waals surface area contributed by atoms with Crippen LogP contribution in [-0.2, 0) is 0 Å². The third-order valence-electron chi connectivity index (χ3n) is 16.5. The molecule has 15 rings (SSSR count). The Labute approximate surface area is 474 Å². The Balaban J connectivity index is 1.01. The van der Waals surface area contributed by atoms with Gasteiger partial charge in [0.25, 0.3) is 0 Å². The van der Waals surface area contributed by atoms with E-state index in [0.29, 0.717) is 0 Å². The first-order chi connectivity index (χ1) is 40.1. The van der Waals surface area contributed by atoms with Crippen LogP contribution in [0.15, 0.2) is 309 Å². The van der Waals surface area contributed by atoms with Gasteiger partial charge in [0.05, 0.1) is 0 Å². The fourth-order valence-corrected chi connectivity index (χ4v) is 12.7. The van der Waals surface area contributed by atoms with Crippen LogP contribution in [0.25, 0.3) is 77.5 Å². The molecular formula is C77H54BN3. The van der Waals surface area contributed by atoms with E-state index in [1.54, 1.807) is 0 Å². The van der Waals surface area contributed by atoms with E-state index in [0.717, 1.165) is 39.8 Å². The maximum absolute atomic E-state index is 2.65. The largest absolute Gasteiger partial charge is 0.376 e. The van der Waals surface area contributed by atoms with Crippen LogP contribution < -0.4 is 25.5 Å². The van der Waals surface area contributed by atoms with Crippen molar-refractivity contribution in [3.8, 4) is 66.8 Å². The lowest BCUT2D eigenvalue weighted by Gasteiger charge is -2.46. The number of anilines is 8. The van der Waals surface area contributed by atoms with Crippen molar-refractivity contribution in [3.05, 3.63) is 315 Å². The Morgan fingerprint density at radius 2 is 0.741 bits per heavy atom. The first-order valence-corrected chi connectivity index (χ1v) is 28.0. The predicted molar refractivity (Wildman–Crippen MR) is 344 cm³/mol. The lowest BCUT2D eigenvalue weighted by atomic mass is 9.43. The van der Waals surface area contributed by atoms with Gasteiger partial charge in [-0.05, 0) is 180 Å². The molecular weight excluding hydrogens is 978 g/mol. The smallest absolute Gasteiger partial charge is 0.333 e. The minimum absolute atomic E-state index is 0.251. The highest BCUT2D eigenvalue weighted by molar-refractivity contribution is 6.94. The second-order valence-electron chi connectivity index (χ2n) is 21.3. The van der Waals surface area contributed by atoms with E-state index >= 15 is 0 Å². The molecule has 0 N–H and O–H groups in total. The van der Waals surface area contributed by atoms with Crippen LogP contribution in [0.4, 0.5) is 45.5 Å². The third-order valence-corrected chi connectivity index (χ3v) is 16.5. The van der Waals surface area contributed by atoms with E-state index in [1.807, 2.05) is 0 Å². The van der Waals surface area contributed by atoms with Crippen molar-refractivity contribution >= 4 is 74.0 Å². The molecule has 2 aliphatic heterocycles. The van der Waals surface area contributed by atoms with Crippen molar-refractivity contribution in [3.63, 3.8) is 0 Å². The zero-order chi connectivity index (χ0) is 53.8. The fraction of sp³-hybridized carbons (Fsp3) is 0.0130. The molecule has 13 aromatic carbocycles. The first kappa shape index (κ1) is 47.8. The van der Waals surface area contributed by atoms with Crippen molar-refractivity contribution in [2.45, 2.75) is 6.92 Å². The highest BCUT2D eigenvalue weighted by Gasteiger charge is 2.46. The molecule has 13 aromatic rings. The summed E-state index contributed by atoms with van der Waals surface area (Å²) < 4.78 is 0. The number of hydrogen-bond acceptors (Lipinski definition) is 3. The quantitative estimate of drug-likeness (QED) is 0.126. The number of aryl methyl sites for hydroxylation is 1. The van der Waals surface area contributed by atoms with Gasteiger partial charge in [-0.2, -0.15) is 0 Å². The predicted octanol–water partition coefficient (Wildman–Crippen LogP) is 19.7. The molecule has 3 nitrogen and oxygen atoms in total. The topological polar surface area (TPSA) is 9.72 Å². The van der Waals surface area contributed by atoms with Crippen molar-refractivity contribution in [1.29, 1.82) is 0 Å². The summed E-state index contributed by atoms with van der Waals surface area (Å²) in [6, 6.07) is 114. The van der Waals surface area contributed by atoms with E-state index in [4.69, 9.17) is 0 Å². The lowest BCUT2D eigenvalue weighted by Crippen LogP contribution is -2.61. The molecule has 0 saturated carbocycles. The Kier molecular flexibility index (Phi) is 11.9. The van der Waals surface area contributed by atoms with Crippen molar-refractivity contribution in [2.24, 2.45) is 0 Å². The van der Waals surface area contributed by atoms with Gasteiger partial charge in [0, 0.05) is 51.1 Å². The maximum atomic E-state index is 2.65. The molecule has 0 unspecified atom stereocenters. The molecule has 81 heavy (non-hydrogen) atoms. The van der Waals surface area contributed by atoms with E-state index in [-0.39, 0.29) is 6.85 Å². The molecule has 0 fully saturated rings. The minimum atomic E-state index is -0.251. The number of nitrogens with zero attached hydrogens (tertiary/aromatic N) is 3. The van der Waals surface area contributed by atoms with Gasteiger partial charge in [0.1, 0.15) is 0 Å². The van der Waals surface area contributed by atoms with E-state index < -0.39 is 0 Å². The maximum Gasteiger partial charge on any atom is 0.333 e. The molecule has 0 atom stereocenters. The van der Waals surface area contributed by atoms with Crippen LogP contribution in [0.1, 0.15) is 5.56 Å². The molecule has 0 amide bonds. The summed E-state index contributed by atoms with van der Waals surface area (Å²) in [4.78, 5) is 7.66. The highest BCUT2D eigenvalue weighted by Crippen LogP contribution is 2.51. The van der Waals surface area contributed by atoms with E-state index in [9.17, 15) is 0 Å². The molecule has 0 saturated heterocycles. The van der Waals surface area contributed by atoms with Crippen molar-refractivity contribution in [1.82, 2.24) is 0 Å². The number of hydrogen-bond donors (Lipinski definition) is 0. The Hall–Kier alpha value is -10.4. The van der Waals surface area contributed by atoms with E-state index in [2.05, 4.69) is 331 Å². The average molecular weight is 1030 g/mol. The summed E-state index contributed by atoms with van der Waals surface area (Å²) in [6.07, 6.45) is 0. The van der Waals surface area contributed by atoms with Gasteiger partial charge < -0.3 is 14.6 Å². The third kappa shape index (κ3) is 8.48.